The molecular weight excluding hydrogens is 428 g/mol. The average molecular weight is 447 g/mol. The number of hydrogen-bond donors (Lipinski definition) is 4. The first kappa shape index (κ1) is 21.4. The van der Waals surface area contributed by atoms with E-state index in [1.807, 2.05) is 0 Å². The molecule has 0 saturated carbocycles. The molecule has 4 N–H and O–H groups in total. The first-order valence-corrected chi connectivity index (χ1v) is 11.0. The van der Waals surface area contributed by atoms with Crippen molar-refractivity contribution in [1.82, 2.24) is 10.4 Å². The summed E-state index contributed by atoms with van der Waals surface area (Å²) in [6.45, 7) is 1.21. The number of nitrogens with one attached hydrogen (secondary N) is 2. The van der Waals surface area contributed by atoms with Crippen molar-refractivity contribution < 1.29 is 23.4 Å². The smallest absolute Gasteiger partial charge is 0.273 e. The number of aliphatic hydroxyl groups is 1. The van der Waals surface area contributed by atoms with Gasteiger partial charge in [0.15, 0.2) is 0 Å². The van der Waals surface area contributed by atoms with E-state index >= 15 is 0 Å². The van der Waals surface area contributed by atoms with Gasteiger partial charge < -0.3 is 10.2 Å². The van der Waals surface area contributed by atoms with Crippen molar-refractivity contribution in [3.05, 3.63) is 70.4 Å². The lowest BCUT2D eigenvalue weighted by atomic mass is 10.1. The molecule has 0 spiro atoms. The number of aromatic nitrogens is 1. The van der Waals surface area contributed by atoms with Gasteiger partial charge in [0.1, 0.15) is 9.96 Å². The monoisotopic (exact) mass is 446 g/mol. The molecule has 1 amide bonds. The molecule has 3 rings (SSSR count). The first-order valence-electron chi connectivity index (χ1n) is 8.60. The number of benzene rings is 1. The molecule has 0 atom stereocenters. The van der Waals surface area contributed by atoms with Gasteiger partial charge >= 0.3 is 0 Å². The van der Waals surface area contributed by atoms with E-state index in [0.717, 1.165) is 11.3 Å². The van der Waals surface area contributed by atoms with Gasteiger partial charge in [0.2, 0.25) is 0 Å². The second kappa shape index (κ2) is 9.03. The molecule has 0 unspecified atom stereocenters. The fourth-order valence-electron chi connectivity index (χ4n) is 2.52. The zero-order valence-electron chi connectivity index (χ0n) is 15.7. The topological polar surface area (TPSA) is 141 Å². The molecule has 30 heavy (non-hydrogen) atoms. The number of aromatic hydroxyl groups is 1. The Labute approximate surface area is 176 Å². The van der Waals surface area contributed by atoms with Crippen LogP contribution in [0.25, 0.3) is 0 Å². The van der Waals surface area contributed by atoms with Crippen molar-refractivity contribution in [3.8, 4) is 5.75 Å². The zero-order chi connectivity index (χ0) is 21.7. The molecule has 0 aliphatic carbocycles. The predicted molar refractivity (Wildman–Crippen MR) is 113 cm³/mol. The molecule has 3 aromatic rings. The molecule has 156 valence electrons. The van der Waals surface area contributed by atoms with Crippen LogP contribution in [0.4, 0.5) is 5.69 Å². The zero-order valence-corrected chi connectivity index (χ0v) is 17.4. The summed E-state index contributed by atoms with van der Waals surface area (Å²) in [6, 6.07) is 9.17. The number of aliphatic hydroxyl groups excluding tert-OH is 1. The number of anilines is 1. The molecule has 11 heteroatoms. The van der Waals surface area contributed by atoms with Gasteiger partial charge in [0.25, 0.3) is 15.9 Å². The Balaban J connectivity index is 1.81. The van der Waals surface area contributed by atoms with E-state index in [2.05, 4.69) is 20.2 Å². The standard InChI is InChI=1S/C19H18N4O5S2/c1-12-18(25)15(13(11-24)9-20-12)10-21-22-19(26)14-5-2-3-6-16(14)23-30(27,28)17-7-4-8-29-17/h2-10,23-25H,11H2,1H3,(H,22,26). The normalized spacial score (nSPS) is 11.5. The molecule has 0 saturated heterocycles. The van der Waals surface area contributed by atoms with Crippen LogP contribution in [-0.4, -0.2) is 35.7 Å². The van der Waals surface area contributed by atoms with Crippen LogP contribution in [0.3, 0.4) is 0 Å². The molecule has 0 bridgehead atoms. The van der Waals surface area contributed by atoms with Gasteiger partial charge in [-0.25, -0.2) is 13.8 Å². The number of hydrazone groups is 1. The summed E-state index contributed by atoms with van der Waals surface area (Å²) < 4.78 is 27.4. The SMILES string of the molecule is Cc1ncc(CO)c(C=NNC(=O)c2ccccc2NS(=O)(=O)c2cccs2)c1O. The fraction of sp³-hybridized carbons (Fsp3) is 0.105. The lowest BCUT2D eigenvalue weighted by Gasteiger charge is -2.11. The molecule has 9 nitrogen and oxygen atoms in total. The summed E-state index contributed by atoms with van der Waals surface area (Å²) in [5.74, 6) is -0.824. The van der Waals surface area contributed by atoms with Crippen LogP contribution in [0.2, 0.25) is 0 Å². The Morgan fingerprint density at radius 1 is 1.27 bits per heavy atom. The molecular formula is C19H18N4O5S2. The second-order valence-corrected chi connectivity index (χ2v) is 8.93. The third-order valence-electron chi connectivity index (χ3n) is 4.06. The highest BCUT2D eigenvalue weighted by Crippen LogP contribution is 2.23. The van der Waals surface area contributed by atoms with Crippen molar-refractivity contribution in [2.45, 2.75) is 17.7 Å². The van der Waals surface area contributed by atoms with Gasteiger partial charge in [0.05, 0.1) is 29.8 Å². The number of thiophene rings is 1. The maximum absolute atomic E-state index is 12.6. The van der Waals surface area contributed by atoms with E-state index in [0.29, 0.717) is 11.3 Å². The molecule has 0 aliphatic rings. The van der Waals surface area contributed by atoms with Gasteiger partial charge in [-0.05, 0) is 30.5 Å². The molecule has 0 fully saturated rings. The van der Waals surface area contributed by atoms with Crippen LogP contribution in [0.1, 0.15) is 27.2 Å². The van der Waals surface area contributed by atoms with Crippen molar-refractivity contribution >= 4 is 39.2 Å². The predicted octanol–water partition coefficient (Wildman–Crippen LogP) is 2.21. The van der Waals surface area contributed by atoms with Crippen LogP contribution in [0, 0.1) is 6.92 Å². The average Bonchev–Trinajstić information content (AvgIpc) is 3.27. The number of pyridine rings is 1. The van der Waals surface area contributed by atoms with E-state index in [9.17, 15) is 23.4 Å². The second-order valence-electron chi connectivity index (χ2n) is 6.07. The number of hydrogen-bond acceptors (Lipinski definition) is 8. The molecule has 2 heterocycles. The number of nitrogens with zero attached hydrogens (tertiary/aromatic N) is 2. The van der Waals surface area contributed by atoms with Crippen LogP contribution in [0.15, 0.2) is 57.3 Å². The summed E-state index contributed by atoms with van der Waals surface area (Å²) >= 11 is 1.06. The van der Waals surface area contributed by atoms with E-state index in [1.54, 1.807) is 30.5 Å². The van der Waals surface area contributed by atoms with Gasteiger partial charge in [-0.2, -0.15) is 5.10 Å². The largest absolute Gasteiger partial charge is 0.505 e. The molecule has 0 aliphatic heterocycles. The summed E-state index contributed by atoms with van der Waals surface area (Å²) in [6.07, 6.45) is 2.58. The van der Waals surface area contributed by atoms with Crippen LogP contribution >= 0.6 is 11.3 Å². The minimum absolute atomic E-state index is 0.0623. The van der Waals surface area contributed by atoms with Gasteiger partial charge in [-0.3, -0.25) is 14.5 Å². The summed E-state index contributed by atoms with van der Waals surface area (Å²) in [5, 5.41) is 24.9. The Bertz CT molecular complexity index is 1190. The molecule has 2 aromatic heterocycles. The Morgan fingerprint density at radius 3 is 2.73 bits per heavy atom. The highest BCUT2D eigenvalue weighted by atomic mass is 32.2. The van der Waals surface area contributed by atoms with Crippen molar-refractivity contribution in [1.29, 1.82) is 0 Å². The number of carbonyl (C=O) groups excluding carboxylic acids is 1. The van der Waals surface area contributed by atoms with E-state index in [4.69, 9.17) is 0 Å². The highest BCUT2D eigenvalue weighted by Gasteiger charge is 2.19. The quantitative estimate of drug-likeness (QED) is 0.324. The summed E-state index contributed by atoms with van der Waals surface area (Å²) in [5.41, 5.74) is 3.34. The maximum Gasteiger partial charge on any atom is 0.273 e. The lowest BCUT2D eigenvalue weighted by Crippen LogP contribution is -2.21. The van der Waals surface area contributed by atoms with Crippen molar-refractivity contribution in [2.75, 3.05) is 4.72 Å². The number of aryl methyl sites for hydroxylation is 1. The number of rotatable bonds is 7. The first-order chi connectivity index (χ1) is 14.3. The van der Waals surface area contributed by atoms with Gasteiger partial charge in [0, 0.05) is 17.3 Å². The van der Waals surface area contributed by atoms with Gasteiger partial charge in [-0.15, -0.1) is 11.3 Å². The fourth-order valence-corrected chi connectivity index (χ4v) is 4.59. The number of amides is 1. The Hall–Kier alpha value is -3.28. The van der Waals surface area contributed by atoms with Gasteiger partial charge in [-0.1, -0.05) is 18.2 Å². The maximum atomic E-state index is 12.6. The summed E-state index contributed by atoms with van der Waals surface area (Å²) in [7, 11) is -3.83. The third kappa shape index (κ3) is 4.64. The van der Waals surface area contributed by atoms with E-state index in [1.165, 1.54) is 30.6 Å². The third-order valence-corrected chi connectivity index (χ3v) is 6.83. The van der Waals surface area contributed by atoms with Crippen LogP contribution in [0.5, 0.6) is 5.75 Å². The Morgan fingerprint density at radius 2 is 2.03 bits per heavy atom. The number of sulfonamides is 1. The van der Waals surface area contributed by atoms with E-state index < -0.39 is 15.9 Å². The number of para-hydroxylation sites is 1. The minimum atomic E-state index is -3.83. The Kier molecular flexibility index (Phi) is 6.45. The van der Waals surface area contributed by atoms with Crippen LogP contribution in [-0.2, 0) is 16.6 Å². The highest BCUT2D eigenvalue weighted by molar-refractivity contribution is 7.94. The van der Waals surface area contributed by atoms with Crippen molar-refractivity contribution in [2.24, 2.45) is 5.10 Å². The minimum Gasteiger partial charge on any atom is -0.505 e. The van der Waals surface area contributed by atoms with Crippen LogP contribution < -0.4 is 10.1 Å². The molecule has 1 aromatic carbocycles. The van der Waals surface area contributed by atoms with Crippen molar-refractivity contribution in [3.63, 3.8) is 0 Å². The summed E-state index contributed by atoms with van der Waals surface area (Å²) in [4.78, 5) is 16.5. The number of carbonyl (C=O) groups is 1. The molecule has 0 radical (unpaired) electrons. The lowest BCUT2D eigenvalue weighted by molar-refractivity contribution is 0.0956. The van der Waals surface area contributed by atoms with E-state index in [-0.39, 0.29) is 33.4 Å².